The number of nitrogens with zero attached hydrogens (tertiary/aromatic N) is 3. The summed E-state index contributed by atoms with van der Waals surface area (Å²) in [4.78, 5) is 33.7. The van der Waals surface area contributed by atoms with Crippen LogP contribution in [0.4, 0.5) is 23.7 Å². The quantitative estimate of drug-likeness (QED) is 0.561. The predicted octanol–water partition coefficient (Wildman–Crippen LogP) is 5.28. The number of aliphatic imine (C=N–C) groups is 1. The third kappa shape index (κ3) is 6.13. The van der Waals surface area contributed by atoms with Crippen LogP contribution in [0.5, 0.6) is 0 Å². The summed E-state index contributed by atoms with van der Waals surface area (Å²) >= 11 is 1.28. The molecule has 178 valence electrons. The number of amides is 2. The van der Waals surface area contributed by atoms with E-state index >= 15 is 0 Å². The van der Waals surface area contributed by atoms with Crippen molar-refractivity contribution >= 4 is 34.7 Å². The fourth-order valence-corrected chi connectivity index (χ4v) is 4.07. The minimum Gasteiger partial charge on any atom is -0.444 e. The first-order chi connectivity index (χ1) is 15.4. The van der Waals surface area contributed by atoms with Crippen LogP contribution in [0.15, 0.2) is 40.7 Å². The molecule has 1 saturated heterocycles. The number of halogens is 3. The topological polar surface area (TPSA) is 62.2 Å². The maximum atomic E-state index is 13.3. The Morgan fingerprint density at radius 3 is 2.18 bits per heavy atom. The summed E-state index contributed by atoms with van der Waals surface area (Å²) in [6.07, 6.45) is -4.96. The van der Waals surface area contributed by atoms with Crippen molar-refractivity contribution in [2.75, 3.05) is 26.2 Å². The van der Waals surface area contributed by atoms with Gasteiger partial charge in [-0.15, -0.1) is 11.3 Å². The second kappa shape index (κ2) is 9.54. The summed E-state index contributed by atoms with van der Waals surface area (Å²) in [5, 5.41) is 1.78. The predicted molar refractivity (Wildman–Crippen MR) is 121 cm³/mol. The molecule has 0 spiro atoms. The van der Waals surface area contributed by atoms with Gasteiger partial charge in [0.2, 0.25) is 0 Å². The molecule has 1 aromatic heterocycles. The summed E-state index contributed by atoms with van der Waals surface area (Å²) in [5.41, 5.74) is -1.27. The number of carbonyl (C=O) groups is 2. The lowest BCUT2D eigenvalue weighted by Gasteiger charge is -2.35. The van der Waals surface area contributed by atoms with Gasteiger partial charge in [-0.3, -0.25) is 4.79 Å². The summed E-state index contributed by atoms with van der Waals surface area (Å²) in [6.45, 7) is 7.81. The van der Waals surface area contributed by atoms with E-state index in [2.05, 4.69) is 4.99 Å². The molecule has 0 atom stereocenters. The van der Waals surface area contributed by atoms with Crippen LogP contribution in [0, 0.1) is 6.92 Å². The van der Waals surface area contributed by atoms with E-state index in [1.165, 1.54) is 35.3 Å². The Labute approximate surface area is 194 Å². The van der Waals surface area contributed by atoms with Gasteiger partial charge in [-0.2, -0.15) is 13.2 Å². The Morgan fingerprint density at radius 1 is 1.00 bits per heavy atom. The fourth-order valence-electron chi connectivity index (χ4n) is 3.36. The highest BCUT2D eigenvalue weighted by Crippen LogP contribution is 2.36. The van der Waals surface area contributed by atoms with Crippen molar-refractivity contribution in [3.63, 3.8) is 0 Å². The monoisotopic (exact) mass is 481 g/mol. The summed E-state index contributed by atoms with van der Waals surface area (Å²) in [6, 6.07) is 7.21. The van der Waals surface area contributed by atoms with Crippen LogP contribution in [0.2, 0.25) is 0 Å². The van der Waals surface area contributed by atoms with Crippen LogP contribution in [0.25, 0.3) is 0 Å². The van der Waals surface area contributed by atoms with E-state index in [0.717, 1.165) is 6.07 Å². The third-order valence-electron chi connectivity index (χ3n) is 5.02. The smallest absolute Gasteiger partial charge is 0.416 e. The Morgan fingerprint density at radius 2 is 1.64 bits per heavy atom. The lowest BCUT2D eigenvalue weighted by atomic mass is 10.1. The van der Waals surface area contributed by atoms with Crippen LogP contribution in [0.1, 0.15) is 36.8 Å². The maximum absolute atomic E-state index is 13.3. The van der Waals surface area contributed by atoms with Gasteiger partial charge in [0.15, 0.2) is 0 Å². The summed E-state index contributed by atoms with van der Waals surface area (Å²) in [7, 11) is 0. The average Bonchev–Trinajstić information content (AvgIpc) is 3.25. The van der Waals surface area contributed by atoms with Crippen LogP contribution in [-0.4, -0.2) is 59.3 Å². The van der Waals surface area contributed by atoms with E-state index in [0.29, 0.717) is 18.0 Å². The van der Waals surface area contributed by atoms with Gasteiger partial charge in [0.05, 0.1) is 16.1 Å². The molecule has 0 bridgehead atoms. The van der Waals surface area contributed by atoms with E-state index in [9.17, 15) is 22.8 Å². The number of benzene rings is 1. The van der Waals surface area contributed by atoms with Crippen molar-refractivity contribution < 1.29 is 27.5 Å². The number of hydrogen-bond acceptors (Lipinski definition) is 5. The molecular weight excluding hydrogens is 455 g/mol. The number of rotatable bonds is 3. The zero-order valence-electron chi connectivity index (χ0n) is 18.9. The Bertz CT molecular complexity index is 1040. The van der Waals surface area contributed by atoms with Crippen LogP contribution in [0.3, 0.4) is 0 Å². The molecule has 2 heterocycles. The lowest BCUT2D eigenvalue weighted by molar-refractivity contribution is -0.138. The molecule has 1 fully saturated rings. The lowest BCUT2D eigenvalue weighted by Crippen LogP contribution is -2.53. The Kier molecular flexibility index (Phi) is 7.16. The molecule has 3 rings (SSSR count). The summed E-state index contributed by atoms with van der Waals surface area (Å²) in [5.74, 6) is -0.391. The zero-order valence-corrected chi connectivity index (χ0v) is 19.7. The summed E-state index contributed by atoms with van der Waals surface area (Å²) < 4.78 is 45.4. The van der Waals surface area contributed by atoms with Crippen molar-refractivity contribution in [2.24, 2.45) is 4.99 Å². The van der Waals surface area contributed by atoms with Crippen LogP contribution in [-0.2, 0) is 15.7 Å². The molecule has 1 aromatic carbocycles. The minimum atomic E-state index is -4.51. The van der Waals surface area contributed by atoms with Gasteiger partial charge in [-0.05, 0) is 56.8 Å². The van der Waals surface area contributed by atoms with Crippen molar-refractivity contribution in [1.29, 1.82) is 0 Å². The molecule has 0 unspecified atom stereocenters. The van der Waals surface area contributed by atoms with Gasteiger partial charge in [0.25, 0.3) is 5.91 Å². The number of ether oxygens (including phenoxy) is 1. The highest BCUT2D eigenvalue weighted by Gasteiger charge is 2.34. The van der Waals surface area contributed by atoms with Crippen LogP contribution < -0.4 is 0 Å². The third-order valence-corrected chi connectivity index (χ3v) is 5.90. The molecule has 0 radical (unpaired) electrons. The minimum absolute atomic E-state index is 0.0402. The van der Waals surface area contributed by atoms with Crippen molar-refractivity contribution in [3.05, 3.63) is 51.7 Å². The average molecular weight is 482 g/mol. The highest BCUT2D eigenvalue weighted by molar-refractivity contribution is 7.13. The van der Waals surface area contributed by atoms with E-state index in [-0.39, 0.29) is 30.1 Å². The van der Waals surface area contributed by atoms with Gasteiger partial charge < -0.3 is 14.5 Å². The van der Waals surface area contributed by atoms with E-state index in [1.807, 2.05) is 0 Å². The number of piperazine rings is 1. The zero-order chi connectivity index (χ0) is 24.4. The Balaban J connectivity index is 1.84. The molecule has 0 aliphatic carbocycles. The van der Waals surface area contributed by atoms with Gasteiger partial charge in [-0.1, -0.05) is 12.1 Å². The first kappa shape index (κ1) is 24.8. The molecule has 2 amide bonds. The molecule has 0 saturated carbocycles. The van der Waals surface area contributed by atoms with E-state index < -0.39 is 29.3 Å². The van der Waals surface area contributed by atoms with E-state index in [4.69, 9.17) is 4.74 Å². The van der Waals surface area contributed by atoms with Gasteiger partial charge in [-0.25, -0.2) is 9.79 Å². The first-order valence-corrected chi connectivity index (χ1v) is 11.3. The van der Waals surface area contributed by atoms with Crippen molar-refractivity contribution in [1.82, 2.24) is 9.80 Å². The largest absolute Gasteiger partial charge is 0.444 e. The second-order valence-corrected chi connectivity index (χ2v) is 9.59. The Hall–Kier alpha value is -2.88. The van der Waals surface area contributed by atoms with Crippen molar-refractivity contribution in [2.45, 2.75) is 39.5 Å². The maximum Gasteiger partial charge on any atom is 0.416 e. The number of alkyl halides is 3. The SMILES string of the molecule is Cc1c(/N=C(/C(=O)N2CCN(C(=O)OC(C)(C)C)CC2)c2cccs2)cccc1C(F)(F)F. The molecule has 2 aromatic rings. The van der Waals surface area contributed by atoms with E-state index in [1.54, 1.807) is 43.2 Å². The number of thiophene rings is 1. The molecule has 1 aliphatic heterocycles. The van der Waals surface area contributed by atoms with Crippen LogP contribution >= 0.6 is 11.3 Å². The molecule has 6 nitrogen and oxygen atoms in total. The van der Waals surface area contributed by atoms with Gasteiger partial charge in [0.1, 0.15) is 11.3 Å². The highest BCUT2D eigenvalue weighted by atomic mass is 32.1. The van der Waals surface area contributed by atoms with Gasteiger partial charge >= 0.3 is 12.3 Å². The molecule has 1 aliphatic rings. The number of carbonyl (C=O) groups excluding carboxylic acids is 2. The van der Waals surface area contributed by atoms with Crippen molar-refractivity contribution in [3.8, 4) is 0 Å². The van der Waals surface area contributed by atoms with Gasteiger partial charge in [0, 0.05) is 26.2 Å². The normalized spacial score (nSPS) is 15.5. The first-order valence-electron chi connectivity index (χ1n) is 10.4. The fraction of sp³-hybridized carbons (Fsp3) is 0.435. The molecule has 33 heavy (non-hydrogen) atoms. The molecule has 0 N–H and O–H groups in total. The molecule has 10 heteroatoms. The second-order valence-electron chi connectivity index (χ2n) is 8.64. The number of hydrogen-bond donors (Lipinski definition) is 0. The standard InChI is InChI=1S/C23H26F3N3O3S/c1-15-16(23(24,25)26)7-5-8-17(15)27-19(18-9-6-14-33-18)20(30)28-10-12-29(13-11-28)21(31)32-22(2,3)4/h5-9,14H,10-13H2,1-4H3/b27-19+. The molecular formula is C23H26F3N3O3S.